The highest BCUT2D eigenvalue weighted by Gasteiger charge is 2.27. The van der Waals surface area contributed by atoms with Crippen molar-refractivity contribution in [3.8, 4) is 0 Å². The van der Waals surface area contributed by atoms with E-state index in [1.54, 1.807) is 12.1 Å². The number of anilines is 3. The Kier molecular flexibility index (Phi) is 4.17. The Labute approximate surface area is 133 Å². The van der Waals surface area contributed by atoms with Crippen LogP contribution in [0.25, 0.3) is 0 Å². The average Bonchev–Trinajstić information content (AvgIpc) is 2.81. The first-order chi connectivity index (χ1) is 10.5. The van der Waals surface area contributed by atoms with Gasteiger partial charge in [0.05, 0.1) is 22.2 Å². The second-order valence-corrected chi connectivity index (χ2v) is 7.77. The van der Waals surface area contributed by atoms with Crippen LogP contribution in [-0.4, -0.2) is 35.9 Å². The molecule has 0 radical (unpaired) electrons. The molecule has 0 spiro atoms. The molecule has 6 nitrogen and oxygen atoms in total. The van der Waals surface area contributed by atoms with Gasteiger partial charge in [-0.3, -0.25) is 0 Å². The molecule has 2 aromatic rings. The zero-order chi connectivity index (χ0) is 15.6. The molecule has 3 rings (SSSR count). The summed E-state index contributed by atoms with van der Waals surface area (Å²) in [5, 5.41) is 6.84. The molecule has 1 aromatic carbocycles. The summed E-state index contributed by atoms with van der Waals surface area (Å²) in [6, 6.07) is 8.98. The van der Waals surface area contributed by atoms with Crippen molar-refractivity contribution in [3.05, 3.63) is 41.7 Å². The van der Waals surface area contributed by atoms with Crippen molar-refractivity contribution in [1.29, 1.82) is 0 Å². The van der Waals surface area contributed by atoms with E-state index in [0.717, 1.165) is 5.69 Å². The van der Waals surface area contributed by atoms with Gasteiger partial charge in [0.25, 0.3) is 0 Å². The van der Waals surface area contributed by atoms with Gasteiger partial charge in [-0.15, -0.1) is 0 Å². The Morgan fingerprint density at radius 1 is 1.18 bits per heavy atom. The molecule has 1 aliphatic rings. The van der Waals surface area contributed by atoms with Gasteiger partial charge in [-0.2, -0.15) is 0 Å². The third-order valence-corrected chi connectivity index (χ3v) is 5.49. The fraction of sp³-hybridized carbons (Fsp3) is 0.286. The number of hydrogen-bond donors (Lipinski definition) is 2. The highest BCUT2D eigenvalue weighted by Crippen LogP contribution is 2.25. The molecule has 1 aliphatic heterocycles. The maximum atomic E-state index is 11.5. The summed E-state index contributed by atoms with van der Waals surface area (Å²) in [6.45, 7) is 0. The number of hydrogen-bond acceptors (Lipinski definition) is 6. The van der Waals surface area contributed by atoms with E-state index in [0.29, 0.717) is 23.1 Å². The monoisotopic (exact) mass is 338 g/mol. The summed E-state index contributed by atoms with van der Waals surface area (Å²) in [7, 11) is -2.92. The van der Waals surface area contributed by atoms with Crippen LogP contribution in [0.15, 0.2) is 36.7 Å². The minimum atomic E-state index is -2.92. The summed E-state index contributed by atoms with van der Waals surface area (Å²) >= 11 is 6.09. The van der Waals surface area contributed by atoms with Crippen molar-refractivity contribution >= 4 is 38.8 Å². The van der Waals surface area contributed by atoms with Crippen LogP contribution in [0.3, 0.4) is 0 Å². The predicted octanol–water partition coefficient (Wildman–Crippen LogP) is 2.47. The van der Waals surface area contributed by atoms with Crippen molar-refractivity contribution in [2.75, 3.05) is 22.1 Å². The van der Waals surface area contributed by atoms with Gasteiger partial charge >= 0.3 is 0 Å². The molecule has 116 valence electrons. The summed E-state index contributed by atoms with van der Waals surface area (Å²) < 4.78 is 23.0. The third-order valence-electron chi connectivity index (χ3n) is 3.39. The molecule has 2 heterocycles. The average molecular weight is 339 g/mol. The van der Waals surface area contributed by atoms with Gasteiger partial charge in [-0.05, 0) is 18.6 Å². The van der Waals surface area contributed by atoms with Crippen LogP contribution < -0.4 is 10.6 Å². The lowest BCUT2D eigenvalue weighted by Gasteiger charge is -2.13. The second-order valence-electron chi connectivity index (χ2n) is 5.14. The van der Waals surface area contributed by atoms with Crippen molar-refractivity contribution in [2.45, 2.75) is 12.5 Å². The molecule has 1 saturated heterocycles. The molecular weight excluding hydrogens is 324 g/mol. The molecule has 2 N–H and O–H groups in total. The highest BCUT2D eigenvalue weighted by molar-refractivity contribution is 7.91. The highest BCUT2D eigenvalue weighted by atomic mass is 35.5. The zero-order valence-electron chi connectivity index (χ0n) is 11.7. The van der Waals surface area contributed by atoms with E-state index < -0.39 is 9.84 Å². The van der Waals surface area contributed by atoms with Gasteiger partial charge in [0, 0.05) is 12.1 Å². The number of halogens is 1. The number of nitrogens with one attached hydrogen (secondary N) is 2. The summed E-state index contributed by atoms with van der Waals surface area (Å²) in [4.78, 5) is 8.26. The van der Waals surface area contributed by atoms with Crippen LogP contribution >= 0.6 is 11.6 Å². The van der Waals surface area contributed by atoms with E-state index in [9.17, 15) is 8.42 Å². The lowest BCUT2D eigenvalue weighted by Crippen LogP contribution is -2.21. The first kappa shape index (κ1) is 15.1. The van der Waals surface area contributed by atoms with Crippen LogP contribution in [-0.2, 0) is 9.84 Å². The molecule has 0 aliphatic carbocycles. The molecule has 1 atom stereocenters. The number of nitrogens with zero attached hydrogens (tertiary/aromatic N) is 2. The normalized spacial score (nSPS) is 19.8. The van der Waals surface area contributed by atoms with Gasteiger partial charge in [-0.25, -0.2) is 18.4 Å². The lowest BCUT2D eigenvalue weighted by molar-refractivity contribution is 0.602. The molecular formula is C14H15ClN4O2S. The largest absolute Gasteiger partial charge is 0.366 e. The van der Waals surface area contributed by atoms with Crippen LogP contribution in [0.1, 0.15) is 6.42 Å². The molecule has 0 bridgehead atoms. The van der Waals surface area contributed by atoms with Crippen LogP contribution in [0.5, 0.6) is 0 Å². The minimum Gasteiger partial charge on any atom is -0.366 e. The lowest BCUT2D eigenvalue weighted by atomic mass is 10.2. The number of benzene rings is 1. The molecule has 0 amide bonds. The van der Waals surface area contributed by atoms with E-state index in [1.165, 1.54) is 6.33 Å². The van der Waals surface area contributed by atoms with Gasteiger partial charge in [0.15, 0.2) is 9.84 Å². The Morgan fingerprint density at radius 3 is 2.68 bits per heavy atom. The summed E-state index contributed by atoms with van der Waals surface area (Å²) in [5.41, 5.74) is 0.747. The number of aromatic nitrogens is 2. The zero-order valence-corrected chi connectivity index (χ0v) is 13.2. The first-order valence-electron chi connectivity index (χ1n) is 6.82. The van der Waals surface area contributed by atoms with E-state index >= 15 is 0 Å². The molecule has 1 aromatic heterocycles. The minimum absolute atomic E-state index is 0.104. The SMILES string of the molecule is O=S1(=O)CCC(Nc2cc(Nc3ccccc3Cl)ncn2)C1. The van der Waals surface area contributed by atoms with Crippen LogP contribution in [0.4, 0.5) is 17.3 Å². The molecule has 0 saturated carbocycles. The Bertz CT molecular complexity index is 782. The van der Waals surface area contributed by atoms with Crippen molar-refractivity contribution in [2.24, 2.45) is 0 Å². The maximum absolute atomic E-state index is 11.5. The quantitative estimate of drug-likeness (QED) is 0.891. The van der Waals surface area contributed by atoms with E-state index in [1.807, 2.05) is 18.2 Å². The maximum Gasteiger partial charge on any atom is 0.152 e. The predicted molar refractivity (Wildman–Crippen MR) is 87.4 cm³/mol. The standard InChI is InChI=1S/C14H15ClN4O2S/c15-11-3-1-2-4-12(11)19-14-7-13(16-9-17-14)18-10-5-6-22(20,21)8-10/h1-4,7,9-10H,5-6,8H2,(H2,16,17,18,19). The van der Waals surface area contributed by atoms with Gasteiger partial charge < -0.3 is 10.6 Å². The van der Waals surface area contributed by atoms with Gasteiger partial charge in [0.2, 0.25) is 0 Å². The first-order valence-corrected chi connectivity index (χ1v) is 9.02. The van der Waals surface area contributed by atoms with Gasteiger partial charge in [-0.1, -0.05) is 23.7 Å². The fourth-order valence-corrected chi connectivity index (χ4v) is 4.18. The van der Waals surface area contributed by atoms with E-state index in [4.69, 9.17) is 11.6 Å². The van der Waals surface area contributed by atoms with Crippen LogP contribution in [0, 0.1) is 0 Å². The number of para-hydroxylation sites is 1. The summed E-state index contributed by atoms with van der Waals surface area (Å²) in [5.74, 6) is 1.54. The van der Waals surface area contributed by atoms with Crippen LogP contribution in [0.2, 0.25) is 5.02 Å². The molecule has 22 heavy (non-hydrogen) atoms. The Morgan fingerprint density at radius 2 is 1.95 bits per heavy atom. The van der Waals surface area contributed by atoms with Gasteiger partial charge in [0.1, 0.15) is 18.0 Å². The van der Waals surface area contributed by atoms with E-state index in [-0.39, 0.29) is 17.5 Å². The molecule has 1 fully saturated rings. The Balaban J connectivity index is 1.72. The fourth-order valence-electron chi connectivity index (χ4n) is 2.32. The second kappa shape index (κ2) is 6.10. The molecule has 1 unspecified atom stereocenters. The summed E-state index contributed by atoms with van der Waals surface area (Å²) in [6.07, 6.45) is 2.02. The Hall–Kier alpha value is -1.86. The number of rotatable bonds is 4. The third kappa shape index (κ3) is 3.66. The van der Waals surface area contributed by atoms with E-state index in [2.05, 4.69) is 20.6 Å². The van der Waals surface area contributed by atoms with Crippen molar-refractivity contribution in [1.82, 2.24) is 9.97 Å². The number of sulfone groups is 1. The van der Waals surface area contributed by atoms with Crippen molar-refractivity contribution in [3.63, 3.8) is 0 Å². The molecule has 8 heteroatoms. The van der Waals surface area contributed by atoms with Crippen molar-refractivity contribution < 1.29 is 8.42 Å². The smallest absolute Gasteiger partial charge is 0.152 e. The topological polar surface area (TPSA) is 84.0 Å².